The number of hydrogen-bond acceptors (Lipinski definition) is 5. The molecule has 0 unspecified atom stereocenters. The van der Waals surface area contributed by atoms with Crippen LogP contribution in [0.2, 0.25) is 0 Å². The molecule has 0 radical (unpaired) electrons. The van der Waals surface area contributed by atoms with Gasteiger partial charge in [-0.05, 0) is 43.2 Å². The van der Waals surface area contributed by atoms with Crippen LogP contribution in [-0.4, -0.2) is 63.1 Å². The molecular formula is C20H27N5O2S. The zero-order valence-electron chi connectivity index (χ0n) is 16.4. The van der Waals surface area contributed by atoms with E-state index in [1.807, 2.05) is 11.8 Å². The molecule has 0 saturated carbocycles. The van der Waals surface area contributed by atoms with E-state index in [2.05, 4.69) is 26.8 Å². The van der Waals surface area contributed by atoms with Crippen molar-refractivity contribution in [1.29, 1.82) is 0 Å². The van der Waals surface area contributed by atoms with E-state index in [1.165, 1.54) is 10.4 Å². The van der Waals surface area contributed by atoms with Crippen LogP contribution in [-0.2, 0) is 24.8 Å². The molecule has 2 aromatic rings. The molecule has 1 saturated heterocycles. The van der Waals surface area contributed by atoms with E-state index < -0.39 is 0 Å². The highest BCUT2D eigenvalue weighted by molar-refractivity contribution is 7.10. The van der Waals surface area contributed by atoms with Crippen molar-refractivity contribution in [3.05, 3.63) is 39.8 Å². The fourth-order valence-electron chi connectivity index (χ4n) is 4.10. The highest BCUT2D eigenvalue weighted by Gasteiger charge is 2.31. The molecule has 1 fully saturated rings. The van der Waals surface area contributed by atoms with E-state index in [0.29, 0.717) is 5.56 Å². The number of likely N-dealkylation sites (tertiary alicyclic amines) is 1. The predicted octanol–water partition coefficient (Wildman–Crippen LogP) is 1.65. The zero-order valence-corrected chi connectivity index (χ0v) is 17.2. The third kappa shape index (κ3) is 3.98. The molecule has 8 heteroatoms. The van der Waals surface area contributed by atoms with Gasteiger partial charge in [0.15, 0.2) is 0 Å². The Balaban J connectivity index is 1.27. The van der Waals surface area contributed by atoms with E-state index in [9.17, 15) is 9.59 Å². The average Bonchev–Trinajstić information content (AvgIpc) is 3.35. The highest BCUT2D eigenvalue weighted by atomic mass is 32.1. The van der Waals surface area contributed by atoms with Crippen LogP contribution in [0.3, 0.4) is 0 Å². The van der Waals surface area contributed by atoms with E-state index in [4.69, 9.17) is 0 Å². The van der Waals surface area contributed by atoms with Crippen LogP contribution in [0, 0.1) is 0 Å². The topological polar surface area (TPSA) is 70.5 Å². The molecule has 2 aliphatic heterocycles. The summed E-state index contributed by atoms with van der Waals surface area (Å²) in [5.74, 6) is 0.144. The first-order valence-corrected chi connectivity index (χ1v) is 10.8. The summed E-state index contributed by atoms with van der Waals surface area (Å²) in [4.78, 5) is 30.9. The minimum absolute atomic E-state index is 0.0736. The van der Waals surface area contributed by atoms with Gasteiger partial charge >= 0.3 is 0 Å². The normalized spacial score (nSPS) is 19.3. The molecule has 2 aromatic heterocycles. The lowest BCUT2D eigenvalue weighted by molar-refractivity contribution is -0.137. The number of rotatable bonds is 4. The van der Waals surface area contributed by atoms with Crippen molar-refractivity contribution >= 4 is 23.2 Å². The Morgan fingerprint density at radius 2 is 2.07 bits per heavy atom. The minimum Gasteiger partial charge on any atom is -0.349 e. The smallest absolute Gasteiger partial charge is 0.254 e. The number of thiophene rings is 1. The van der Waals surface area contributed by atoms with Gasteiger partial charge in [-0.2, -0.15) is 5.10 Å². The SMILES string of the molecule is C[C@@H](C(=O)N1CCc2sccc2C1)N1CCC(NC(=O)c2cnn(C)c2)CC1. The Morgan fingerprint density at radius 3 is 2.79 bits per heavy atom. The van der Waals surface area contributed by atoms with Gasteiger partial charge < -0.3 is 10.2 Å². The van der Waals surface area contributed by atoms with Gasteiger partial charge in [-0.15, -0.1) is 11.3 Å². The van der Waals surface area contributed by atoms with Crippen molar-refractivity contribution in [2.75, 3.05) is 19.6 Å². The third-order valence-electron chi connectivity index (χ3n) is 5.86. The average molecular weight is 402 g/mol. The number of nitrogens with zero attached hydrogens (tertiary/aromatic N) is 4. The lowest BCUT2D eigenvalue weighted by Crippen LogP contribution is -2.53. The molecule has 4 heterocycles. The maximum atomic E-state index is 13.0. The van der Waals surface area contributed by atoms with Gasteiger partial charge in [-0.25, -0.2) is 0 Å². The van der Waals surface area contributed by atoms with Crippen LogP contribution in [0.15, 0.2) is 23.8 Å². The Labute approximate surface area is 169 Å². The maximum absolute atomic E-state index is 13.0. The van der Waals surface area contributed by atoms with Crippen LogP contribution in [0.4, 0.5) is 0 Å². The Hall–Kier alpha value is -2.19. The number of fused-ring (bicyclic) bond motifs is 1. The Bertz CT molecular complexity index is 852. The number of piperidine rings is 1. The molecule has 7 nitrogen and oxygen atoms in total. The number of aryl methyl sites for hydroxylation is 1. The zero-order chi connectivity index (χ0) is 19.7. The number of hydrogen-bond donors (Lipinski definition) is 1. The monoisotopic (exact) mass is 401 g/mol. The second-order valence-electron chi connectivity index (χ2n) is 7.74. The number of aromatic nitrogens is 2. The van der Waals surface area contributed by atoms with E-state index in [0.717, 1.165) is 45.4 Å². The highest BCUT2D eigenvalue weighted by Crippen LogP contribution is 2.25. The number of amides is 2. The van der Waals surface area contributed by atoms with Gasteiger partial charge in [-0.1, -0.05) is 0 Å². The quantitative estimate of drug-likeness (QED) is 0.846. The molecular weight excluding hydrogens is 374 g/mol. The number of nitrogens with one attached hydrogen (secondary N) is 1. The second-order valence-corrected chi connectivity index (χ2v) is 8.74. The van der Waals surface area contributed by atoms with Gasteiger partial charge in [0.05, 0.1) is 17.8 Å². The molecule has 1 atom stereocenters. The molecule has 4 rings (SSSR count). The molecule has 0 spiro atoms. The first-order valence-electron chi connectivity index (χ1n) is 9.89. The molecule has 28 heavy (non-hydrogen) atoms. The fourth-order valence-corrected chi connectivity index (χ4v) is 4.98. The van der Waals surface area contributed by atoms with Gasteiger partial charge in [0, 0.05) is 50.3 Å². The van der Waals surface area contributed by atoms with E-state index >= 15 is 0 Å². The summed E-state index contributed by atoms with van der Waals surface area (Å²) < 4.78 is 1.63. The Morgan fingerprint density at radius 1 is 1.29 bits per heavy atom. The first kappa shape index (κ1) is 19.1. The fraction of sp³-hybridized carbons (Fsp3) is 0.550. The van der Waals surface area contributed by atoms with Crippen LogP contribution >= 0.6 is 11.3 Å². The third-order valence-corrected chi connectivity index (χ3v) is 6.88. The lowest BCUT2D eigenvalue weighted by atomic mass is 10.0. The van der Waals surface area contributed by atoms with Gasteiger partial charge in [0.1, 0.15) is 0 Å². The van der Waals surface area contributed by atoms with Crippen molar-refractivity contribution in [2.24, 2.45) is 7.05 Å². The molecule has 150 valence electrons. The summed E-state index contributed by atoms with van der Waals surface area (Å²) in [7, 11) is 1.80. The first-order chi connectivity index (χ1) is 13.5. The largest absolute Gasteiger partial charge is 0.349 e. The van der Waals surface area contributed by atoms with Crippen molar-refractivity contribution in [2.45, 2.75) is 44.8 Å². The van der Waals surface area contributed by atoms with Gasteiger partial charge in [0.25, 0.3) is 5.91 Å². The van der Waals surface area contributed by atoms with Crippen LogP contribution in [0.5, 0.6) is 0 Å². The van der Waals surface area contributed by atoms with Crippen molar-refractivity contribution < 1.29 is 9.59 Å². The maximum Gasteiger partial charge on any atom is 0.254 e. The van der Waals surface area contributed by atoms with Crippen LogP contribution in [0.25, 0.3) is 0 Å². The molecule has 1 N–H and O–H groups in total. The standard InChI is InChI=1S/C20H27N5O2S/c1-14(20(27)25-9-5-18-15(13-25)6-10-28-18)24-7-3-17(4-8-24)22-19(26)16-11-21-23(2)12-16/h6,10-12,14,17H,3-5,7-9,13H2,1-2H3,(H,22,26)/t14-/m0/s1. The summed E-state index contributed by atoms with van der Waals surface area (Å²) in [6.07, 6.45) is 6.00. The molecule has 2 aliphatic rings. The summed E-state index contributed by atoms with van der Waals surface area (Å²) >= 11 is 1.79. The molecule has 0 bridgehead atoms. The second kappa shape index (κ2) is 8.05. The molecule has 0 aliphatic carbocycles. The van der Waals surface area contributed by atoms with Gasteiger partial charge in [0.2, 0.25) is 5.91 Å². The van der Waals surface area contributed by atoms with E-state index in [-0.39, 0.29) is 23.9 Å². The summed E-state index contributed by atoms with van der Waals surface area (Å²) in [5.41, 5.74) is 1.89. The minimum atomic E-state index is -0.116. The van der Waals surface area contributed by atoms with E-state index in [1.54, 1.807) is 35.5 Å². The van der Waals surface area contributed by atoms with Crippen LogP contribution in [0.1, 0.15) is 40.6 Å². The summed E-state index contributed by atoms with van der Waals surface area (Å²) in [6, 6.07) is 2.17. The number of carbonyl (C=O) groups is 2. The Kier molecular flexibility index (Phi) is 5.50. The lowest BCUT2D eigenvalue weighted by Gasteiger charge is -2.38. The predicted molar refractivity (Wildman–Crippen MR) is 108 cm³/mol. The summed E-state index contributed by atoms with van der Waals surface area (Å²) in [5, 5.41) is 9.26. The van der Waals surface area contributed by atoms with Crippen molar-refractivity contribution in [3.8, 4) is 0 Å². The van der Waals surface area contributed by atoms with Crippen molar-refractivity contribution in [1.82, 2.24) is 24.9 Å². The molecule has 2 amide bonds. The molecule has 0 aromatic carbocycles. The van der Waals surface area contributed by atoms with Gasteiger partial charge in [-0.3, -0.25) is 19.2 Å². The summed E-state index contributed by atoms with van der Waals surface area (Å²) in [6.45, 7) is 5.21. The van der Waals surface area contributed by atoms with Crippen LogP contribution < -0.4 is 5.32 Å². The number of carbonyl (C=O) groups excluding carboxylic acids is 2. The van der Waals surface area contributed by atoms with Crippen molar-refractivity contribution in [3.63, 3.8) is 0 Å².